The van der Waals surface area contributed by atoms with Crippen molar-refractivity contribution in [3.63, 3.8) is 0 Å². The van der Waals surface area contributed by atoms with Gasteiger partial charge in [-0.1, -0.05) is 23.8 Å². The van der Waals surface area contributed by atoms with Crippen LogP contribution in [-0.2, 0) is 6.54 Å². The van der Waals surface area contributed by atoms with Gasteiger partial charge in [-0.05, 0) is 36.8 Å². The van der Waals surface area contributed by atoms with E-state index in [2.05, 4.69) is 4.99 Å². The molecule has 0 radical (unpaired) electrons. The Morgan fingerprint density at radius 1 is 1.16 bits per heavy atom. The third kappa shape index (κ3) is 3.58. The molecule has 2 aromatic rings. The Morgan fingerprint density at radius 3 is 2.58 bits per heavy atom. The molecular weight excluding hydrogens is 238 g/mol. The Kier molecular flexibility index (Phi) is 4.18. The van der Waals surface area contributed by atoms with Gasteiger partial charge in [-0.2, -0.15) is 0 Å². The van der Waals surface area contributed by atoms with Gasteiger partial charge in [0, 0.05) is 11.8 Å². The maximum absolute atomic E-state index is 9.69. The van der Waals surface area contributed by atoms with Gasteiger partial charge in [-0.25, -0.2) is 0 Å². The molecule has 0 aliphatic heterocycles. The van der Waals surface area contributed by atoms with Gasteiger partial charge >= 0.3 is 0 Å². The molecular formula is C16H17NO2. The van der Waals surface area contributed by atoms with Crippen molar-refractivity contribution in [2.45, 2.75) is 13.5 Å². The van der Waals surface area contributed by atoms with E-state index < -0.39 is 0 Å². The zero-order valence-corrected chi connectivity index (χ0v) is 11.1. The van der Waals surface area contributed by atoms with Crippen LogP contribution in [-0.4, -0.2) is 18.4 Å². The maximum atomic E-state index is 9.69. The fraction of sp³-hybridized carbons (Fsp3) is 0.188. The lowest BCUT2D eigenvalue weighted by atomic mass is 10.1. The van der Waals surface area contributed by atoms with E-state index in [0.717, 1.165) is 22.4 Å². The molecule has 0 unspecified atom stereocenters. The molecule has 2 rings (SSSR count). The number of ether oxygens (including phenoxy) is 1. The van der Waals surface area contributed by atoms with Gasteiger partial charge in [0.2, 0.25) is 0 Å². The number of hydrogen-bond donors (Lipinski definition) is 1. The molecule has 0 saturated carbocycles. The van der Waals surface area contributed by atoms with Crippen LogP contribution >= 0.6 is 0 Å². The maximum Gasteiger partial charge on any atom is 0.124 e. The highest BCUT2D eigenvalue weighted by molar-refractivity contribution is 5.83. The largest absolute Gasteiger partial charge is 0.507 e. The minimum Gasteiger partial charge on any atom is -0.507 e. The highest BCUT2D eigenvalue weighted by atomic mass is 16.5. The number of rotatable bonds is 4. The van der Waals surface area contributed by atoms with Crippen LogP contribution in [0.1, 0.15) is 16.7 Å². The van der Waals surface area contributed by atoms with E-state index >= 15 is 0 Å². The summed E-state index contributed by atoms with van der Waals surface area (Å²) < 4.78 is 5.10. The SMILES string of the molecule is COc1ccc(C/N=C/c2cc(C)ccc2O)cc1. The second-order valence-corrected chi connectivity index (χ2v) is 4.38. The molecule has 0 saturated heterocycles. The summed E-state index contributed by atoms with van der Waals surface area (Å²) in [6.45, 7) is 2.57. The Morgan fingerprint density at radius 2 is 1.89 bits per heavy atom. The van der Waals surface area contributed by atoms with Crippen LogP contribution in [0.5, 0.6) is 11.5 Å². The Bertz CT molecular complexity index is 574. The first-order chi connectivity index (χ1) is 9.19. The Labute approximate surface area is 113 Å². The summed E-state index contributed by atoms with van der Waals surface area (Å²) >= 11 is 0. The fourth-order valence-corrected chi connectivity index (χ4v) is 1.76. The first-order valence-corrected chi connectivity index (χ1v) is 6.11. The fourth-order valence-electron chi connectivity index (χ4n) is 1.76. The molecule has 0 atom stereocenters. The van der Waals surface area contributed by atoms with E-state index in [1.54, 1.807) is 19.4 Å². The van der Waals surface area contributed by atoms with Gasteiger partial charge in [0.1, 0.15) is 11.5 Å². The number of hydrogen-bond acceptors (Lipinski definition) is 3. The van der Waals surface area contributed by atoms with Crippen molar-refractivity contribution in [1.82, 2.24) is 0 Å². The predicted molar refractivity (Wildman–Crippen MR) is 77.1 cm³/mol. The van der Waals surface area contributed by atoms with Gasteiger partial charge in [0.25, 0.3) is 0 Å². The summed E-state index contributed by atoms with van der Waals surface area (Å²) in [6.07, 6.45) is 1.70. The Hall–Kier alpha value is -2.29. The van der Waals surface area contributed by atoms with Crippen LogP contribution in [0.15, 0.2) is 47.5 Å². The van der Waals surface area contributed by atoms with E-state index in [4.69, 9.17) is 4.74 Å². The van der Waals surface area contributed by atoms with Crippen molar-refractivity contribution in [1.29, 1.82) is 0 Å². The van der Waals surface area contributed by atoms with Gasteiger partial charge in [0.05, 0.1) is 13.7 Å². The van der Waals surface area contributed by atoms with E-state index in [1.807, 2.05) is 43.3 Å². The number of aliphatic imine (C=N–C) groups is 1. The molecule has 0 aliphatic carbocycles. The molecule has 0 fully saturated rings. The number of nitrogens with zero attached hydrogens (tertiary/aromatic N) is 1. The van der Waals surface area contributed by atoms with Crippen LogP contribution in [0.2, 0.25) is 0 Å². The molecule has 0 aromatic heterocycles. The van der Waals surface area contributed by atoms with Gasteiger partial charge in [-0.3, -0.25) is 4.99 Å². The summed E-state index contributed by atoms with van der Waals surface area (Å²) in [6, 6.07) is 13.2. The third-order valence-corrected chi connectivity index (χ3v) is 2.85. The minimum absolute atomic E-state index is 0.254. The van der Waals surface area contributed by atoms with Crippen LogP contribution < -0.4 is 4.74 Å². The average Bonchev–Trinajstić information content (AvgIpc) is 2.43. The second-order valence-electron chi connectivity index (χ2n) is 4.38. The highest BCUT2D eigenvalue weighted by Gasteiger charge is 1.98. The molecule has 2 aromatic carbocycles. The number of methoxy groups -OCH3 is 1. The Balaban J connectivity index is 2.04. The third-order valence-electron chi connectivity index (χ3n) is 2.85. The number of aromatic hydroxyl groups is 1. The van der Waals surface area contributed by atoms with Crippen LogP contribution in [0.4, 0.5) is 0 Å². The summed E-state index contributed by atoms with van der Waals surface area (Å²) in [5.41, 5.74) is 2.95. The van der Waals surface area contributed by atoms with E-state index in [0.29, 0.717) is 6.54 Å². The average molecular weight is 255 g/mol. The van der Waals surface area contributed by atoms with Crippen molar-refractivity contribution in [2.24, 2.45) is 4.99 Å². The second kappa shape index (κ2) is 6.05. The van der Waals surface area contributed by atoms with Crippen LogP contribution in [0.25, 0.3) is 0 Å². The van der Waals surface area contributed by atoms with E-state index in [9.17, 15) is 5.11 Å². The number of aryl methyl sites for hydroxylation is 1. The molecule has 1 N–H and O–H groups in total. The smallest absolute Gasteiger partial charge is 0.124 e. The topological polar surface area (TPSA) is 41.8 Å². The number of phenolic OH excluding ortho intramolecular Hbond substituents is 1. The minimum atomic E-state index is 0.254. The molecule has 0 bridgehead atoms. The molecule has 0 spiro atoms. The monoisotopic (exact) mass is 255 g/mol. The zero-order chi connectivity index (χ0) is 13.7. The van der Waals surface area contributed by atoms with E-state index in [1.165, 1.54) is 0 Å². The number of benzene rings is 2. The molecule has 98 valence electrons. The predicted octanol–water partition coefficient (Wildman–Crippen LogP) is 3.33. The van der Waals surface area contributed by atoms with Crippen molar-refractivity contribution < 1.29 is 9.84 Å². The quantitative estimate of drug-likeness (QED) is 0.851. The van der Waals surface area contributed by atoms with E-state index in [-0.39, 0.29) is 5.75 Å². The summed E-state index contributed by atoms with van der Waals surface area (Å²) in [4.78, 5) is 4.34. The molecule has 3 nitrogen and oxygen atoms in total. The lowest BCUT2D eigenvalue weighted by Crippen LogP contribution is -1.87. The van der Waals surface area contributed by atoms with Crippen LogP contribution in [0.3, 0.4) is 0 Å². The standard InChI is InChI=1S/C16H17NO2/c1-12-3-8-16(18)14(9-12)11-17-10-13-4-6-15(19-2)7-5-13/h3-9,11,18H,10H2,1-2H3/b17-11+. The highest BCUT2D eigenvalue weighted by Crippen LogP contribution is 2.16. The van der Waals surface area contributed by atoms with Crippen molar-refractivity contribution in [3.8, 4) is 11.5 Å². The molecule has 3 heteroatoms. The lowest BCUT2D eigenvalue weighted by molar-refractivity contribution is 0.414. The normalized spacial score (nSPS) is 10.8. The van der Waals surface area contributed by atoms with Gasteiger partial charge in [-0.15, -0.1) is 0 Å². The lowest BCUT2D eigenvalue weighted by Gasteiger charge is -2.02. The molecule has 0 aliphatic rings. The molecule has 19 heavy (non-hydrogen) atoms. The summed E-state index contributed by atoms with van der Waals surface area (Å²) in [5, 5.41) is 9.69. The molecule has 0 heterocycles. The summed E-state index contributed by atoms with van der Waals surface area (Å²) in [7, 11) is 1.65. The first-order valence-electron chi connectivity index (χ1n) is 6.11. The molecule has 0 amide bonds. The number of phenols is 1. The van der Waals surface area contributed by atoms with Gasteiger partial charge in [0.15, 0.2) is 0 Å². The summed E-state index contributed by atoms with van der Waals surface area (Å²) in [5.74, 6) is 1.09. The van der Waals surface area contributed by atoms with Crippen LogP contribution in [0, 0.1) is 6.92 Å². The first kappa shape index (κ1) is 13.1. The zero-order valence-electron chi connectivity index (χ0n) is 11.1. The van der Waals surface area contributed by atoms with Crippen molar-refractivity contribution >= 4 is 6.21 Å². The van der Waals surface area contributed by atoms with Gasteiger partial charge < -0.3 is 9.84 Å². The van der Waals surface area contributed by atoms with Crippen molar-refractivity contribution in [2.75, 3.05) is 7.11 Å². The van der Waals surface area contributed by atoms with Crippen molar-refractivity contribution in [3.05, 3.63) is 59.2 Å².